The Morgan fingerprint density at radius 2 is 1.96 bits per heavy atom. The lowest BCUT2D eigenvalue weighted by molar-refractivity contribution is 0.242. The van der Waals surface area contributed by atoms with Crippen molar-refractivity contribution >= 4 is 11.0 Å². The molecule has 1 aliphatic heterocycles. The van der Waals surface area contributed by atoms with E-state index in [0.717, 1.165) is 47.9 Å². The first-order valence-corrected chi connectivity index (χ1v) is 8.68. The predicted octanol–water partition coefficient (Wildman–Crippen LogP) is 3.92. The van der Waals surface area contributed by atoms with Crippen LogP contribution in [0, 0.1) is 0 Å². The number of hydrogen-bond donors (Lipinski definition) is 1. The largest absolute Gasteiger partial charge is 0.493 e. The van der Waals surface area contributed by atoms with Gasteiger partial charge in [-0.15, -0.1) is 0 Å². The van der Waals surface area contributed by atoms with E-state index in [1.165, 1.54) is 12.0 Å². The van der Waals surface area contributed by atoms with Crippen LogP contribution in [0.1, 0.15) is 30.3 Å². The number of hydrogen-bond acceptors (Lipinski definition) is 4. The highest BCUT2D eigenvalue weighted by atomic mass is 16.5. The third kappa shape index (κ3) is 3.07. The van der Waals surface area contributed by atoms with E-state index in [4.69, 9.17) is 14.5 Å². The van der Waals surface area contributed by atoms with Crippen LogP contribution in [-0.4, -0.2) is 35.6 Å². The first-order valence-electron chi connectivity index (χ1n) is 8.68. The van der Waals surface area contributed by atoms with Crippen molar-refractivity contribution in [3.63, 3.8) is 0 Å². The number of nitrogens with one attached hydrogen (secondary N) is 1. The molecule has 5 heteroatoms. The second-order valence-corrected chi connectivity index (χ2v) is 6.44. The van der Waals surface area contributed by atoms with Crippen LogP contribution in [0.2, 0.25) is 0 Å². The number of ether oxygens (including phenoxy) is 2. The van der Waals surface area contributed by atoms with Gasteiger partial charge in [0.05, 0.1) is 31.8 Å². The Morgan fingerprint density at radius 3 is 2.76 bits per heavy atom. The Hall–Kier alpha value is -2.53. The van der Waals surface area contributed by atoms with E-state index in [0.29, 0.717) is 6.04 Å². The van der Waals surface area contributed by atoms with Crippen LogP contribution in [0.15, 0.2) is 42.5 Å². The summed E-state index contributed by atoms with van der Waals surface area (Å²) in [5.41, 5.74) is 3.39. The van der Waals surface area contributed by atoms with Crippen LogP contribution in [0.25, 0.3) is 11.0 Å². The summed E-state index contributed by atoms with van der Waals surface area (Å²) in [5.74, 6) is 2.58. The SMILES string of the molecule is COc1ccc(C2CCCN2Cc2nc3ccccc3[nH]2)cc1OC. The molecule has 1 fully saturated rings. The molecule has 25 heavy (non-hydrogen) atoms. The highest BCUT2D eigenvalue weighted by Gasteiger charge is 2.27. The van der Waals surface area contributed by atoms with E-state index >= 15 is 0 Å². The molecule has 2 aromatic carbocycles. The molecule has 130 valence electrons. The van der Waals surface area contributed by atoms with Gasteiger partial charge < -0.3 is 14.5 Å². The van der Waals surface area contributed by atoms with E-state index < -0.39 is 0 Å². The van der Waals surface area contributed by atoms with Crippen LogP contribution in [0.5, 0.6) is 11.5 Å². The fourth-order valence-corrected chi connectivity index (χ4v) is 3.73. The quantitative estimate of drug-likeness (QED) is 0.767. The van der Waals surface area contributed by atoms with Gasteiger partial charge in [0.2, 0.25) is 0 Å². The minimum absolute atomic E-state index is 0.382. The first-order chi connectivity index (χ1) is 12.3. The molecule has 0 radical (unpaired) electrons. The Balaban J connectivity index is 1.57. The highest BCUT2D eigenvalue weighted by molar-refractivity contribution is 5.74. The Morgan fingerprint density at radius 1 is 1.12 bits per heavy atom. The normalized spacial score (nSPS) is 17.9. The van der Waals surface area contributed by atoms with Crippen molar-refractivity contribution in [2.45, 2.75) is 25.4 Å². The van der Waals surface area contributed by atoms with Crippen molar-refractivity contribution in [1.82, 2.24) is 14.9 Å². The summed E-state index contributed by atoms with van der Waals surface area (Å²) in [4.78, 5) is 10.6. The molecule has 0 saturated carbocycles. The number of fused-ring (bicyclic) bond motifs is 1. The van der Waals surface area contributed by atoms with E-state index in [9.17, 15) is 0 Å². The molecule has 1 N–H and O–H groups in total. The average Bonchev–Trinajstić information content (AvgIpc) is 3.27. The zero-order valence-corrected chi connectivity index (χ0v) is 14.7. The minimum atomic E-state index is 0.382. The first kappa shape index (κ1) is 16.0. The number of H-pyrrole nitrogens is 1. The minimum Gasteiger partial charge on any atom is -0.493 e. The molecule has 3 aromatic rings. The molecule has 1 saturated heterocycles. The predicted molar refractivity (Wildman–Crippen MR) is 98.0 cm³/mol. The fourth-order valence-electron chi connectivity index (χ4n) is 3.73. The van der Waals surface area contributed by atoms with Gasteiger partial charge in [-0.3, -0.25) is 4.90 Å². The summed E-state index contributed by atoms with van der Waals surface area (Å²) in [6.07, 6.45) is 2.34. The number of nitrogens with zero attached hydrogens (tertiary/aromatic N) is 2. The van der Waals surface area contributed by atoms with Crippen molar-refractivity contribution in [2.75, 3.05) is 20.8 Å². The third-order valence-electron chi connectivity index (χ3n) is 4.95. The maximum Gasteiger partial charge on any atom is 0.161 e. The number of aromatic amines is 1. The van der Waals surface area contributed by atoms with Crippen LogP contribution >= 0.6 is 0 Å². The Labute approximate surface area is 147 Å². The van der Waals surface area contributed by atoms with E-state index in [1.807, 2.05) is 24.3 Å². The molecule has 1 atom stereocenters. The Bertz CT molecular complexity index is 841. The van der Waals surface area contributed by atoms with Crippen molar-refractivity contribution in [1.29, 1.82) is 0 Å². The van der Waals surface area contributed by atoms with Gasteiger partial charge in [-0.25, -0.2) is 4.98 Å². The van der Waals surface area contributed by atoms with Crippen LogP contribution in [0.4, 0.5) is 0 Å². The van der Waals surface area contributed by atoms with Gasteiger partial charge in [0, 0.05) is 6.04 Å². The zero-order valence-electron chi connectivity index (χ0n) is 14.7. The number of imidazole rings is 1. The maximum atomic E-state index is 5.47. The zero-order chi connectivity index (χ0) is 17.2. The van der Waals surface area contributed by atoms with Gasteiger partial charge in [-0.1, -0.05) is 18.2 Å². The van der Waals surface area contributed by atoms with Gasteiger partial charge in [0.25, 0.3) is 0 Å². The number of para-hydroxylation sites is 2. The monoisotopic (exact) mass is 337 g/mol. The van der Waals surface area contributed by atoms with Crippen molar-refractivity contribution in [3.05, 3.63) is 53.9 Å². The molecule has 2 heterocycles. The lowest BCUT2D eigenvalue weighted by Gasteiger charge is -2.24. The molecule has 0 aliphatic carbocycles. The van der Waals surface area contributed by atoms with Crippen molar-refractivity contribution in [2.24, 2.45) is 0 Å². The summed E-state index contributed by atoms with van der Waals surface area (Å²) in [5, 5.41) is 0. The summed E-state index contributed by atoms with van der Waals surface area (Å²) in [6, 6.07) is 14.8. The molecule has 0 spiro atoms. The molecular formula is C20H23N3O2. The second kappa shape index (κ2) is 6.76. The highest BCUT2D eigenvalue weighted by Crippen LogP contribution is 2.37. The Kier molecular flexibility index (Phi) is 4.32. The lowest BCUT2D eigenvalue weighted by atomic mass is 10.0. The van der Waals surface area contributed by atoms with Gasteiger partial charge in [0.15, 0.2) is 11.5 Å². The number of aromatic nitrogens is 2. The van der Waals surface area contributed by atoms with Crippen LogP contribution in [0.3, 0.4) is 0 Å². The summed E-state index contributed by atoms with van der Waals surface area (Å²) >= 11 is 0. The number of likely N-dealkylation sites (tertiary alicyclic amines) is 1. The standard InChI is InChI=1S/C20H23N3O2/c1-24-18-10-9-14(12-19(18)25-2)17-8-5-11-23(17)13-20-21-15-6-3-4-7-16(15)22-20/h3-4,6-7,9-10,12,17H,5,8,11,13H2,1-2H3,(H,21,22). The van der Waals surface area contributed by atoms with Crippen LogP contribution in [-0.2, 0) is 6.54 Å². The third-order valence-corrected chi connectivity index (χ3v) is 4.95. The molecule has 1 aliphatic rings. The van der Waals surface area contributed by atoms with E-state index in [-0.39, 0.29) is 0 Å². The molecule has 0 amide bonds. The van der Waals surface area contributed by atoms with E-state index in [2.05, 4.69) is 28.1 Å². The van der Waals surface area contributed by atoms with Crippen molar-refractivity contribution < 1.29 is 9.47 Å². The van der Waals surface area contributed by atoms with Crippen molar-refractivity contribution in [3.8, 4) is 11.5 Å². The molecule has 0 bridgehead atoms. The lowest BCUT2D eigenvalue weighted by Crippen LogP contribution is -2.23. The molecule has 5 nitrogen and oxygen atoms in total. The van der Waals surface area contributed by atoms with Crippen LogP contribution < -0.4 is 9.47 Å². The maximum absolute atomic E-state index is 5.47. The molecular weight excluding hydrogens is 314 g/mol. The smallest absolute Gasteiger partial charge is 0.161 e. The number of benzene rings is 2. The molecule has 1 unspecified atom stereocenters. The molecule has 1 aromatic heterocycles. The fraction of sp³-hybridized carbons (Fsp3) is 0.350. The molecule has 4 rings (SSSR count). The average molecular weight is 337 g/mol. The summed E-state index contributed by atoms with van der Waals surface area (Å²) < 4.78 is 10.8. The number of rotatable bonds is 5. The summed E-state index contributed by atoms with van der Waals surface area (Å²) in [7, 11) is 3.35. The van der Waals surface area contributed by atoms with Gasteiger partial charge in [-0.05, 0) is 49.2 Å². The van der Waals surface area contributed by atoms with Gasteiger partial charge in [0.1, 0.15) is 5.82 Å². The van der Waals surface area contributed by atoms with Gasteiger partial charge >= 0.3 is 0 Å². The second-order valence-electron chi connectivity index (χ2n) is 6.44. The number of methoxy groups -OCH3 is 2. The van der Waals surface area contributed by atoms with E-state index in [1.54, 1.807) is 14.2 Å². The van der Waals surface area contributed by atoms with Gasteiger partial charge in [-0.2, -0.15) is 0 Å². The summed E-state index contributed by atoms with van der Waals surface area (Å²) in [6.45, 7) is 1.91. The topological polar surface area (TPSA) is 50.4 Å².